The molecule has 0 saturated carbocycles. The number of benzene rings is 3. The molecule has 6 heteroatoms. The van der Waals surface area contributed by atoms with Gasteiger partial charge in [0.25, 0.3) is 0 Å². The van der Waals surface area contributed by atoms with E-state index in [1.165, 1.54) is 0 Å². The van der Waals surface area contributed by atoms with E-state index in [0.29, 0.717) is 17.5 Å². The number of esters is 1. The molecule has 0 spiro atoms. The zero-order valence-corrected chi connectivity index (χ0v) is 19.3. The van der Waals surface area contributed by atoms with Crippen molar-refractivity contribution in [2.24, 2.45) is 0 Å². The molecule has 0 aliphatic carbocycles. The molecule has 4 aromatic rings. The van der Waals surface area contributed by atoms with Crippen LogP contribution in [0.3, 0.4) is 0 Å². The summed E-state index contributed by atoms with van der Waals surface area (Å²) in [4.78, 5) is 12.2. The third-order valence-corrected chi connectivity index (χ3v) is 5.96. The average molecular weight is 460 g/mol. The fraction of sp³-hybridized carbons (Fsp3) is 0.250. The number of aromatic nitrogens is 1. The van der Waals surface area contributed by atoms with Gasteiger partial charge in [-0.3, -0.25) is 0 Å². The number of fused-ring (bicyclic) bond motifs is 1. The molecule has 6 nitrogen and oxygen atoms in total. The molecule has 1 unspecified atom stereocenters. The third kappa shape index (κ3) is 5.07. The first-order valence-electron chi connectivity index (χ1n) is 11.3. The van der Waals surface area contributed by atoms with E-state index in [-0.39, 0.29) is 30.6 Å². The van der Waals surface area contributed by atoms with E-state index in [1.54, 1.807) is 36.4 Å². The lowest BCUT2D eigenvalue weighted by Crippen LogP contribution is -2.20. The molecule has 0 bridgehead atoms. The number of aliphatic hydroxyl groups is 1. The van der Waals surface area contributed by atoms with Crippen molar-refractivity contribution in [2.45, 2.75) is 38.8 Å². The van der Waals surface area contributed by atoms with E-state index in [1.807, 2.05) is 54.9 Å². The molecule has 0 saturated heterocycles. The van der Waals surface area contributed by atoms with Crippen molar-refractivity contribution in [2.75, 3.05) is 6.61 Å². The maximum atomic E-state index is 12.2. The van der Waals surface area contributed by atoms with Gasteiger partial charge >= 0.3 is 5.97 Å². The molecule has 0 fully saturated rings. The van der Waals surface area contributed by atoms with E-state index in [0.717, 1.165) is 22.0 Å². The molecule has 1 heterocycles. The number of phenols is 2. The van der Waals surface area contributed by atoms with Crippen molar-refractivity contribution in [3.63, 3.8) is 0 Å². The number of hydrogen-bond donors (Lipinski definition) is 3. The highest BCUT2D eigenvalue weighted by atomic mass is 16.5. The number of rotatable bonds is 8. The average Bonchev–Trinajstić information content (AvgIpc) is 3.17. The SMILES string of the molecule is CC(C)c1cc(O)c(Cn2cc(CC(O)COC(=O)c3ccccc3)c3ccccc32)c(O)c1. The number of carbonyl (C=O) groups is 1. The van der Waals surface area contributed by atoms with Crippen molar-refractivity contribution in [1.29, 1.82) is 0 Å². The van der Waals surface area contributed by atoms with Gasteiger partial charge in [0.15, 0.2) is 0 Å². The van der Waals surface area contributed by atoms with Crippen LogP contribution in [0, 0.1) is 0 Å². The highest BCUT2D eigenvalue weighted by Crippen LogP contribution is 2.34. The fourth-order valence-electron chi connectivity index (χ4n) is 4.09. The third-order valence-electron chi connectivity index (χ3n) is 5.96. The molecular weight excluding hydrogens is 430 g/mol. The summed E-state index contributed by atoms with van der Waals surface area (Å²) in [5.41, 5.74) is 3.54. The number of aromatic hydroxyl groups is 2. The number of nitrogens with zero attached hydrogens (tertiary/aromatic N) is 1. The van der Waals surface area contributed by atoms with Crippen LogP contribution < -0.4 is 0 Å². The van der Waals surface area contributed by atoms with Crippen LogP contribution in [0.2, 0.25) is 0 Å². The Bertz CT molecular complexity index is 1270. The summed E-state index contributed by atoms with van der Waals surface area (Å²) in [5, 5.41) is 32.6. The Kier molecular flexibility index (Phi) is 6.89. The monoisotopic (exact) mass is 459 g/mol. The summed E-state index contributed by atoms with van der Waals surface area (Å²) < 4.78 is 7.22. The molecule has 1 atom stereocenters. The van der Waals surface area contributed by atoms with Gasteiger partial charge in [-0.1, -0.05) is 50.2 Å². The highest BCUT2D eigenvalue weighted by molar-refractivity contribution is 5.89. The Morgan fingerprint density at radius 2 is 1.62 bits per heavy atom. The molecule has 1 aromatic heterocycles. The van der Waals surface area contributed by atoms with Gasteiger partial charge in [-0.25, -0.2) is 4.79 Å². The second-order valence-corrected chi connectivity index (χ2v) is 8.81. The number of aliphatic hydroxyl groups excluding tert-OH is 1. The first-order chi connectivity index (χ1) is 16.3. The topological polar surface area (TPSA) is 91.9 Å². The van der Waals surface area contributed by atoms with Gasteiger partial charge in [0.05, 0.1) is 23.8 Å². The molecule has 34 heavy (non-hydrogen) atoms. The molecule has 0 amide bonds. The predicted molar refractivity (Wildman–Crippen MR) is 131 cm³/mol. The summed E-state index contributed by atoms with van der Waals surface area (Å²) in [5.74, 6) is -0.188. The Balaban J connectivity index is 1.53. The highest BCUT2D eigenvalue weighted by Gasteiger charge is 2.18. The Morgan fingerprint density at radius 1 is 0.971 bits per heavy atom. The van der Waals surface area contributed by atoms with E-state index in [4.69, 9.17) is 4.74 Å². The zero-order chi connectivity index (χ0) is 24.2. The largest absolute Gasteiger partial charge is 0.507 e. The smallest absolute Gasteiger partial charge is 0.338 e. The van der Waals surface area contributed by atoms with Crippen molar-refractivity contribution in [1.82, 2.24) is 4.57 Å². The molecular formula is C28H29NO5. The summed E-state index contributed by atoms with van der Waals surface area (Å²) in [6, 6.07) is 19.8. The van der Waals surface area contributed by atoms with Crippen LogP contribution in [-0.4, -0.2) is 38.6 Å². The fourth-order valence-corrected chi connectivity index (χ4v) is 4.09. The Morgan fingerprint density at radius 3 is 2.29 bits per heavy atom. The van der Waals surface area contributed by atoms with Crippen molar-refractivity contribution < 1.29 is 24.9 Å². The van der Waals surface area contributed by atoms with E-state index < -0.39 is 12.1 Å². The van der Waals surface area contributed by atoms with Crippen molar-refractivity contribution in [3.05, 3.63) is 95.2 Å². The molecule has 3 aromatic carbocycles. The molecule has 0 radical (unpaired) electrons. The predicted octanol–water partition coefficient (Wildman–Crippen LogP) is 4.98. The van der Waals surface area contributed by atoms with E-state index in [9.17, 15) is 20.1 Å². The van der Waals surface area contributed by atoms with Gasteiger partial charge in [-0.05, 0) is 47.4 Å². The lowest BCUT2D eigenvalue weighted by atomic mass is 10.00. The lowest BCUT2D eigenvalue weighted by Gasteiger charge is -2.13. The first kappa shape index (κ1) is 23.4. The van der Waals surface area contributed by atoms with E-state index in [2.05, 4.69) is 0 Å². The molecule has 3 N–H and O–H groups in total. The van der Waals surface area contributed by atoms with Crippen LogP contribution in [0.5, 0.6) is 11.5 Å². The number of para-hydroxylation sites is 1. The second-order valence-electron chi connectivity index (χ2n) is 8.81. The minimum Gasteiger partial charge on any atom is -0.507 e. The molecule has 0 aliphatic rings. The quantitative estimate of drug-likeness (QED) is 0.323. The van der Waals surface area contributed by atoms with Crippen LogP contribution in [0.1, 0.15) is 46.8 Å². The number of carbonyl (C=O) groups excluding carboxylic acids is 1. The summed E-state index contributed by atoms with van der Waals surface area (Å²) in [6.45, 7) is 4.16. The normalized spacial score (nSPS) is 12.2. The summed E-state index contributed by atoms with van der Waals surface area (Å²) >= 11 is 0. The zero-order valence-electron chi connectivity index (χ0n) is 19.3. The minimum absolute atomic E-state index is 0.0518. The minimum atomic E-state index is -0.876. The first-order valence-corrected chi connectivity index (χ1v) is 11.3. The van der Waals surface area contributed by atoms with Crippen LogP contribution in [0.15, 0.2) is 72.9 Å². The maximum Gasteiger partial charge on any atom is 0.338 e. The van der Waals surface area contributed by atoms with Crippen LogP contribution in [0.4, 0.5) is 0 Å². The van der Waals surface area contributed by atoms with Crippen LogP contribution in [-0.2, 0) is 17.7 Å². The van der Waals surface area contributed by atoms with Gasteiger partial charge < -0.3 is 24.6 Å². The molecule has 0 aliphatic heterocycles. The standard InChI is InChI=1S/C28H29NO5/c1-18(2)20-13-26(31)24(27(32)14-20)16-29-15-21(23-10-6-7-11-25(23)29)12-22(30)17-34-28(33)19-8-4-3-5-9-19/h3-11,13-15,18,22,30-32H,12,16-17H2,1-2H3. The number of hydrogen-bond acceptors (Lipinski definition) is 5. The van der Waals surface area contributed by atoms with E-state index >= 15 is 0 Å². The summed E-state index contributed by atoms with van der Waals surface area (Å²) in [6.07, 6.45) is 1.32. The van der Waals surface area contributed by atoms with Gasteiger partial charge in [0.1, 0.15) is 18.1 Å². The Hall–Kier alpha value is -3.77. The van der Waals surface area contributed by atoms with Crippen molar-refractivity contribution in [3.8, 4) is 11.5 Å². The number of phenolic OH excluding ortho intramolecular Hbond substituents is 2. The summed E-state index contributed by atoms with van der Waals surface area (Å²) in [7, 11) is 0. The van der Waals surface area contributed by atoms with Crippen LogP contribution >= 0.6 is 0 Å². The van der Waals surface area contributed by atoms with Gasteiger partial charge in [-0.15, -0.1) is 0 Å². The van der Waals surface area contributed by atoms with Gasteiger partial charge in [-0.2, -0.15) is 0 Å². The van der Waals surface area contributed by atoms with Gasteiger partial charge in [0.2, 0.25) is 0 Å². The van der Waals surface area contributed by atoms with Crippen molar-refractivity contribution >= 4 is 16.9 Å². The van der Waals surface area contributed by atoms with Gasteiger partial charge in [0, 0.05) is 23.5 Å². The maximum absolute atomic E-state index is 12.2. The Labute approximate surface area is 198 Å². The second kappa shape index (κ2) is 10.0. The number of ether oxygens (including phenoxy) is 1. The lowest BCUT2D eigenvalue weighted by molar-refractivity contribution is 0.0259. The molecule has 4 rings (SSSR count). The van der Waals surface area contributed by atoms with Crippen LogP contribution in [0.25, 0.3) is 10.9 Å². The molecule has 176 valence electrons.